The van der Waals surface area contributed by atoms with Crippen molar-refractivity contribution in [3.8, 4) is 0 Å². The summed E-state index contributed by atoms with van der Waals surface area (Å²) >= 11 is 1.79. The fourth-order valence-corrected chi connectivity index (χ4v) is 2.72. The molecule has 104 valence electrons. The molecule has 1 aromatic rings. The number of hydrogen-bond acceptors (Lipinski definition) is 3. The SMILES string of the molecule is CCCNCCCCCCN(C)Cc1ccsc1. The topological polar surface area (TPSA) is 15.3 Å². The van der Waals surface area contributed by atoms with E-state index < -0.39 is 0 Å². The summed E-state index contributed by atoms with van der Waals surface area (Å²) in [6.07, 6.45) is 6.63. The second-order valence-corrected chi connectivity index (χ2v) is 5.81. The summed E-state index contributed by atoms with van der Waals surface area (Å²) in [4.78, 5) is 2.43. The van der Waals surface area contributed by atoms with Crippen LogP contribution < -0.4 is 5.32 Å². The number of thiophene rings is 1. The molecule has 1 aromatic heterocycles. The van der Waals surface area contributed by atoms with Crippen LogP contribution in [0.25, 0.3) is 0 Å². The molecule has 0 amide bonds. The molecular weight excluding hydrogens is 240 g/mol. The van der Waals surface area contributed by atoms with E-state index in [0.29, 0.717) is 0 Å². The molecule has 0 saturated heterocycles. The predicted molar refractivity (Wildman–Crippen MR) is 82.3 cm³/mol. The third-order valence-corrected chi connectivity index (χ3v) is 3.83. The number of rotatable bonds is 11. The van der Waals surface area contributed by atoms with E-state index in [0.717, 1.165) is 6.54 Å². The molecule has 3 heteroatoms. The van der Waals surface area contributed by atoms with Gasteiger partial charge in [-0.25, -0.2) is 0 Å². The van der Waals surface area contributed by atoms with Gasteiger partial charge in [-0.2, -0.15) is 11.3 Å². The van der Waals surface area contributed by atoms with E-state index in [9.17, 15) is 0 Å². The van der Waals surface area contributed by atoms with E-state index in [1.54, 1.807) is 11.3 Å². The van der Waals surface area contributed by atoms with Crippen molar-refractivity contribution in [3.05, 3.63) is 22.4 Å². The maximum absolute atomic E-state index is 3.46. The molecule has 0 aliphatic rings. The van der Waals surface area contributed by atoms with Gasteiger partial charge in [0.1, 0.15) is 0 Å². The smallest absolute Gasteiger partial charge is 0.0238 e. The van der Waals surface area contributed by atoms with Crippen molar-refractivity contribution in [2.75, 3.05) is 26.7 Å². The molecule has 0 saturated carbocycles. The van der Waals surface area contributed by atoms with Crippen LogP contribution in [0.15, 0.2) is 16.8 Å². The second-order valence-electron chi connectivity index (χ2n) is 5.03. The normalized spacial score (nSPS) is 11.3. The van der Waals surface area contributed by atoms with E-state index >= 15 is 0 Å². The van der Waals surface area contributed by atoms with Gasteiger partial charge in [-0.15, -0.1) is 0 Å². The molecule has 0 unspecified atom stereocenters. The Bertz CT molecular complexity index is 272. The molecule has 1 rings (SSSR count). The molecule has 0 aliphatic carbocycles. The summed E-state index contributed by atoms with van der Waals surface area (Å²) in [6, 6.07) is 2.22. The minimum atomic E-state index is 1.10. The van der Waals surface area contributed by atoms with Crippen LogP contribution in [0.2, 0.25) is 0 Å². The summed E-state index contributed by atoms with van der Waals surface area (Å²) in [7, 11) is 2.22. The molecule has 18 heavy (non-hydrogen) atoms. The van der Waals surface area contributed by atoms with E-state index in [-0.39, 0.29) is 0 Å². The number of unbranched alkanes of at least 4 members (excludes halogenated alkanes) is 3. The van der Waals surface area contributed by atoms with Gasteiger partial charge in [0.05, 0.1) is 0 Å². The summed E-state index contributed by atoms with van der Waals surface area (Å²) in [5.41, 5.74) is 1.45. The standard InChI is InChI=1S/C15H28N2S/c1-3-9-16-10-6-4-5-7-11-17(2)13-15-8-12-18-14-15/h8,12,14,16H,3-7,9-11,13H2,1-2H3. The van der Waals surface area contributed by atoms with Crippen molar-refractivity contribution in [2.24, 2.45) is 0 Å². The largest absolute Gasteiger partial charge is 0.317 e. The zero-order valence-corrected chi connectivity index (χ0v) is 12.8. The molecule has 2 nitrogen and oxygen atoms in total. The van der Waals surface area contributed by atoms with E-state index in [1.165, 1.54) is 57.3 Å². The summed E-state index contributed by atoms with van der Waals surface area (Å²) < 4.78 is 0. The van der Waals surface area contributed by atoms with Crippen LogP contribution in [-0.2, 0) is 6.54 Å². The van der Waals surface area contributed by atoms with Crippen LogP contribution in [0.5, 0.6) is 0 Å². The quantitative estimate of drug-likeness (QED) is 0.615. The summed E-state index contributed by atoms with van der Waals surface area (Å²) in [5, 5.41) is 7.86. The van der Waals surface area contributed by atoms with E-state index in [2.05, 4.69) is 41.0 Å². The lowest BCUT2D eigenvalue weighted by Gasteiger charge is -2.15. The molecule has 0 aromatic carbocycles. The van der Waals surface area contributed by atoms with Crippen LogP contribution in [0, 0.1) is 0 Å². The Labute approximate surface area is 116 Å². The van der Waals surface area contributed by atoms with Crippen LogP contribution in [0.1, 0.15) is 44.6 Å². The molecule has 0 atom stereocenters. The highest BCUT2D eigenvalue weighted by Crippen LogP contribution is 2.09. The van der Waals surface area contributed by atoms with Crippen molar-refractivity contribution in [2.45, 2.75) is 45.6 Å². The minimum absolute atomic E-state index is 1.10. The van der Waals surface area contributed by atoms with Gasteiger partial charge in [0.25, 0.3) is 0 Å². The van der Waals surface area contributed by atoms with Crippen molar-refractivity contribution in [1.82, 2.24) is 10.2 Å². The highest BCUT2D eigenvalue weighted by molar-refractivity contribution is 7.07. The molecule has 0 spiro atoms. The van der Waals surface area contributed by atoms with Gasteiger partial charge in [0.15, 0.2) is 0 Å². The van der Waals surface area contributed by atoms with Gasteiger partial charge >= 0.3 is 0 Å². The average Bonchev–Trinajstić information content (AvgIpc) is 2.85. The van der Waals surface area contributed by atoms with Crippen LogP contribution in [0.4, 0.5) is 0 Å². The van der Waals surface area contributed by atoms with Gasteiger partial charge < -0.3 is 10.2 Å². The highest BCUT2D eigenvalue weighted by Gasteiger charge is 2.00. The lowest BCUT2D eigenvalue weighted by atomic mass is 10.2. The monoisotopic (exact) mass is 268 g/mol. The van der Waals surface area contributed by atoms with Crippen molar-refractivity contribution < 1.29 is 0 Å². The zero-order valence-electron chi connectivity index (χ0n) is 12.0. The van der Waals surface area contributed by atoms with E-state index in [4.69, 9.17) is 0 Å². The van der Waals surface area contributed by atoms with Gasteiger partial charge in [0, 0.05) is 6.54 Å². The first-order chi connectivity index (χ1) is 8.83. The second kappa shape index (κ2) is 10.5. The fourth-order valence-electron chi connectivity index (χ4n) is 2.06. The van der Waals surface area contributed by atoms with E-state index in [1.807, 2.05) is 0 Å². The molecule has 0 bridgehead atoms. The first-order valence-corrected chi connectivity index (χ1v) is 8.17. The summed E-state index contributed by atoms with van der Waals surface area (Å²) in [6.45, 7) is 6.90. The molecule has 0 fully saturated rings. The minimum Gasteiger partial charge on any atom is -0.317 e. The Morgan fingerprint density at radius 2 is 2.00 bits per heavy atom. The lowest BCUT2D eigenvalue weighted by molar-refractivity contribution is 0.317. The predicted octanol–water partition coefficient (Wildman–Crippen LogP) is 3.74. The Morgan fingerprint density at radius 3 is 2.72 bits per heavy atom. The van der Waals surface area contributed by atoms with Gasteiger partial charge in [-0.3, -0.25) is 0 Å². The highest BCUT2D eigenvalue weighted by atomic mass is 32.1. The van der Waals surface area contributed by atoms with Crippen LogP contribution >= 0.6 is 11.3 Å². The fraction of sp³-hybridized carbons (Fsp3) is 0.733. The maximum atomic E-state index is 3.46. The van der Waals surface area contributed by atoms with Gasteiger partial charge in [-0.05, 0) is 68.3 Å². The molecule has 0 radical (unpaired) electrons. The lowest BCUT2D eigenvalue weighted by Crippen LogP contribution is -2.19. The molecule has 1 N–H and O–H groups in total. The third-order valence-electron chi connectivity index (χ3n) is 3.10. The Balaban J connectivity index is 1.88. The van der Waals surface area contributed by atoms with Crippen LogP contribution in [-0.4, -0.2) is 31.6 Å². The average molecular weight is 268 g/mol. The van der Waals surface area contributed by atoms with Crippen molar-refractivity contribution >= 4 is 11.3 Å². The molecule has 1 heterocycles. The van der Waals surface area contributed by atoms with Crippen molar-refractivity contribution in [1.29, 1.82) is 0 Å². The molecule has 0 aliphatic heterocycles. The number of hydrogen-bond donors (Lipinski definition) is 1. The first kappa shape index (κ1) is 15.7. The van der Waals surface area contributed by atoms with Gasteiger partial charge in [0.2, 0.25) is 0 Å². The number of nitrogens with one attached hydrogen (secondary N) is 1. The summed E-state index contributed by atoms with van der Waals surface area (Å²) in [5.74, 6) is 0. The first-order valence-electron chi connectivity index (χ1n) is 7.23. The zero-order chi connectivity index (χ0) is 13.1. The number of nitrogens with zero attached hydrogens (tertiary/aromatic N) is 1. The van der Waals surface area contributed by atoms with Gasteiger partial charge in [-0.1, -0.05) is 19.8 Å². The van der Waals surface area contributed by atoms with Crippen molar-refractivity contribution in [3.63, 3.8) is 0 Å². The van der Waals surface area contributed by atoms with Crippen LogP contribution in [0.3, 0.4) is 0 Å². The Hall–Kier alpha value is -0.380. The Morgan fingerprint density at radius 1 is 1.17 bits per heavy atom. The third kappa shape index (κ3) is 7.85. The molecular formula is C15H28N2S. The maximum Gasteiger partial charge on any atom is 0.0238 e. The Kier molecular flexibility index (Phi) is 9.17.